The first-order chi connectivity index (χ1) is 13.8. The zero-order chi connectivity index (χ0) is 21.0. The molecule has 1 amide bonds. The maximum absolute atomic E-state index is 13.8. The summed E-state index contributed by atoms with van der Waals surface area (Å²) >= 11 is 0. The average molecular weight is 404 g/mol. The van der Waals surface area contributed by atoms with Gasteiger partial charge in [-0.2, -0.15) is 0 Å². The van der Waals surface area contributed by atoms with Gasteiger partial charge in [-0.25, -0.2) is 23.1 Å². The summed E-state index contributed by atoms with van der Waals surface area (Å²) in [5, 5.41) is 13.8. The molecular weight excluding hydrogens is 393 g/mol. The Kier molecular flexibility index (Phi) is 5.53. The lowest BCUT2D eigenvalue weighted by molar-refractivity contribution is -0.383. The monoisotopic (exact) mass is 404 g/mol. The third-order valence-electron chi connectivity index (χ3n) is 3.59. The van der Waals surface area contributed by atoms with E-state index in [1.807, 2.05) is 0 Å². The Morgan fingerprint density at radius 3 is 2.28 bits per heavy atom. The van der Waals surface area contributed by atoms with Crippen molar-refractivity contribution < 1.29 is 22.9 Å². The second-order valence-corrected chi connectivity index (χ2v) is 5.51. The van der Waals surface area contributed by atoms with Crippen molar-refractivity contribution in [2.75, 3.05) is 10.7 Å². The zero-order valence-electron chi connectivity index (χ0n) is 14.3. The molecule has 0 aliphatic rings. The minimum atomic E-state index is -0.989. The summed E-state index contributed by atoms with van der Waals surface area (Å²) in [7, 11) is 0. The van der Waals surface area contributed by atoms with Gasteiger partial charge in [-0.05, 0) is 36.4 Å². The number of hydrazine groups is 1. The van der Waals surface area contributed by atoms with Crippen LogP contribution in [-0.2, 0) is 0 Å². The second kappa shape index (κ2) is 8.21. The number of rotatable bonds is 6. The van der Waals surface area contributed by atoms with Crippen molar-refractivity contribution in [3.05, 3.63) is 81.9 Å². The van der Waals surface area contributed by atoms with Gasteiger partial charge in [0.1, 0.15) is 23.8 Å². The van der Waals surface area contributed by atoms with E-state index in [-0.39, 0.29) is 11.3 Å². The van der Waals surface area contributed by atoms with E-state index in [0.717, 1.165) is 30.6 Å². The highest BCUT2D eigenvalue weighted by Crippen LogP contribution is 2.31. The van der Waals surface area contributed by atoms with Crippen molar-refractivity contribution in [3.8, 4) is 0 Å². The average Bonchev–Trinajstić information content (AvgIpc) is 2.68. The summed E-state index contributed by atoms with van der Waals surface area (Å²) in [5.41, 5.74) is 3.59. The molecule has 0 aliphatic carbocycles. The van der Waals surface area contributed by atoms with Crippen molar-refractivity contribution in [1.82, 2.24) is 15.4 Å². The summed E-state index contributed by atoms with van der Waals surface area (Å²) in [4.78, 5) is 30.0. The number of carbonyl (C=O) groups excluding carboxylic acids is 1. The molecule has 3 N–H and O–H groups in total. The number of nitro groups is 1. The van der Waals surface area contributed by atoms with Gasteiger partial charge >= 0.3 is 5.69 Å². The molecule has 1 heterocycles. The van der Waals surface area contributed by atoms with Crippen LogP contribution in [0.1, 0.15) is 10.4 Å². The molecule has 0 aliphatic heterocycles. The number of amides is 1. The normalized spacial score (nSPS) is 10.3. The zero-order valence-corrected chi connectivity index (χ0v) is 14.3. The number of nitrogens with one attached hydrogen (secondary N) is 3. The number of hydrogen-bond donors (Lipinski definition) is 3. The molecule has 0 fully saturated rings. The van der Waals surface area contributed by atoms with Crippen molar-refractivity contribution in [1.29, 1.82) is 0 Å². The lowest BCUT2D eigenvalue weighted by Gasteiger charge is -2.11. The highest BCUT2D eigenvalue weighted by atomic mass is 19.1. The Morgan fingerprint density at radius 1 is 0.966 bits per heavy atom. The first kappa shape index (κ1) is 19.5. The summed E-state index contributed by atoms with van der Waals surface area (Å²) in [6.45, 7) is 0. The highest BCUT2D eigenvalue weighted by molar-refractivity contribution is 5.95. The molecular formula is C17H11F3N6O3. The molecule has 2 aromatic carbocycles. The Morgan fingerprint density at radius 2 is 1.62 bits per heavy atom. The maximum Gasteiger partial charge on any atom is 0.355 e. The Hall–Kier alpha value is -4.22. The molecule has 0 bridgehead atoms. The van der Waals surface area contributed by atoms with Crippen LogP contribution in [0.4, 0.5) is 36.2 Å². The standard InChI is InChI=1S/C17H11F3N6O3/c18-10-3-1-9(2-4-10)17(27)25-24-16-14(26(28)29)15(21-8-22-16)23-13-6-5-11(19)7-12(13)20/h1-8H,(H,25,27)(H2,21,22,23,24). The third kappa shape index (κ3) is 4.55. The molecule has 0 unspecified atom stereocenters. The van der Waals surface area contributed by atoms with Gasteiger partial charge in [-0.1, -0.05) is 0 Å². The van der Waals surface area contributed by atoms with Crippen molar-refractivity contribution in [2.45, 2.75) is 0 Å². The summed E-state index contributed by atoms with van der Waals surface area (Å²) in [6.07, 6.45) is 0.934. The Bertz CT molecular complexity index is 1080. The van der Waals surface area contributed by atoms with Gasteiger partial charge in [0.15, 0.2) is 0 Å². The van der Waals surface area contributed by atoms with E-state index < -0.39 is 45.6 Å². The van der Waals surface area contributed by atoms with Crippen LogP contribution in [0.3, 0.4) is 0 Å². The molecule has 12 heteroatoms. The number of hydrogen-bond acceptors (Lipinski definition) is 7. The lowest BCUT2D eigenvalue weighted by Crippen LogP contribution is -2.30. The van der Waals surface area contributed by atoms with Gasteiger partial charge in [-0.15, -0.1) is 0 Å². The van der Waals surface area contributed by atoms with Crippen LogP contribution in [0.15, 0.2) is 48.8 Å². The number of nitrogens with zero attached hydrogens (tertiary/aromatic N) is 3. The molecule has 0 radical (unpaired) electrons. The van der Waals surface area contributed by atoms with Crippen LogP contribution >= 0.6 is 0 Å². The second-order valence-electron chi connectivity index (χ2n) is 5.51. The van der Waals surface area contributed by atoms with Crippen LogP contribution in [-0.4, -0.2) is 20.8 Å². The topological polar surface area (TPSA) is 122 Å². The fourth-order valence-corrected chi connectivity index (χ4v) is 2.24. The third-order valence-corrected chi connectivity index (χ3v) is 3.59. The molecule has 29 heavy (non-hydrogen) atoms. The fourth-order valence-electron chi connectivity index (χ4n) is 2.24. The van der Waals surface area contributed by atoms with E-state index in [1.54, 1.807) is 0 Å². The van der Waals surface area contributed by atoms with Gasteiger partial charge in [0.05, 0.1) is 10.6 Å². The van der Waals surface area contributed by atoms with Gasteiger partial charge < -0.3 is 5.32 Å². The Labute approximate surface area is 160 Å². The van der Waals surface area contributed by atoms with E-state index in [9.17, 15) is 28.1 Å². The SMILES string of the molecule is O=C(NNc1ncnc(Nc2ccc(F)cc2F)c1[N+](=O)[O-])c1ccc(F)cc1. The highest BCUT2D eigenvalue weighted by Gasteiger charge is 2.24. The number of anilines is 3. The molecule has 3 aromatic rings. The summed E-state index contributed by atoms with van der Waals surface area (Å²) in [5.74, 6) is -3.85. The van der Waals surface area contributed by atoms with Gasteiger partial charge in [0.2, 0.25) is 11.6 Å². The minimum absolute atomic E-state index is 0.0855. The van der Waals surface area contributed by atoms with Gasteiger partial charge in [-0.3, -0.25) is 25.8 Å². The van der Waals surface area contributed by atoms with Crippen LogP contribution in [0, 0.1) is 27.6 Å². The van der Waals surface area contributed by atoms with Crippen molar-refractivity contribution in [3.63, 3.8) is 0 Å². The van der Waals surface area contributed by atoms with Crippen LogP contribution in [0.2, 0.25) is 0 Å². The number of carbonyl (C=O) groups is 1. The molecule has 0 spiro atoms. The van der Waals surface area contributed by atoms with Crippen molar-refractivity contribution >= 4 is 28.9 Å². The van der Waals surface area contributed by atoms with Crippen LogP contribution < -0.4 is 16.2 Å². The molecule has 0 saturated carbocycles. The molecule has 1 aromatic heterocycles. The fraction of sp³-hybridized carbons (Fsp3) is 0. The van der Waals surface area contributed by atoms with Gasteiger partial charge in [0, 0.05) is 11.6 Å². The van der Waals surface area contributed by atoms with Crippen molar-refractivity contribution in [2.24, 2.45) is 0 Å². The van der Waals surface area contributed by atoms with E-state index in [0.29, 0.717) is 6.07 Å². The van der Waals surface area contributed by atoms with Crippen LogP contribution in [0.5, 0.6) is 0 Å². The maximum atomic E-state index is 13.8. The van der Waals surface area contributed by atoms with E-state index in [1.165, 1.54) is 12.1 Å². The molecule has 0 saturated heterocycles. The number of aromatic nitrogens is 2. The number of halogens is 3. The Balaban J connectivity index is 1.83. The predicted octanol–water partition coefficient (Wildman–Crippen LogP) is 3.30. The minimum Gasteiger partial charge on any atom is -0.332 e. The quantitative estimate of drug-likeness (QED) is 0.426. The molecule has 9 nitrogen and oxygen atoms in total. The first-order valence-electron chi connectivity index (χ1n) is 7.88. The molecule has 3 rings (SSSR count). The van der Waals surface area contributed by atoms with E-state index >= 15 is 0 Å². The van der Waals surface area contributed by atoms with Gasteiger partial charge in [0.25, 0.3) is 5.91 Å². The number of benzene rings is 2. The summed E-state index contributed by atoms with van der Waals surface area (Å²) in [6, 6.07) is 7.16. The predicted molar refractivity (Wildman–Crippen MR) is 95.8 cm³/mol. The largest absolute Gasteiger partial charge is 0.355 e. The van der Waals surface area contributed by atoms with E-state index in [2.05, 4.69) is 26.1 Å². The lowest BCUT2D eigenvalue weighted by atomic mass is 10.2. The molecule has 148 valence electrons. The smallest absolute Gasteiger partial charge is 0.332 e. The van der Waals surface area contributed by atoms with Crippen LogP contribution in [0.25, 0.3) is 0 Å². The molecule has 0 atom stereocenters. The summed E-state index contributed by atoms with van der Waals surface area (Å²) < 4.78 is 39.8. The van der Waals surface area contributed by atoms with E-state index in [4.69, 9.17) is 0 Å². The first-order valence-corrected chi connectivity index (χ1v) is 7.88.